The molecule has 0 fully saturated rings. The van der Waals surface area contributed by atoms with Crippen molar-refractivity contribution in [2.75, 3.05) is 0 Å². The molecule has 4 aromatic rings. The van der Waals surface area contributed by atoms with Crippen LogP contribution in [0, 0.1) is 13.8 Å². The number of aliphatic hydroxyl groups excluding tert-OH is 2. The molecule has 4 rings (SSSR count). The van der Waals surface area contributed by atoms with Crippen LogP contribution in [0.2, 0.25) is 0 Å². The Labute approximate surface area is 231 Å². The molecule has 0 bridgehead atoms. The van der Waals surface area contributed by atoms with Crippen molar-refractivity contribution in [2.24, 2.45) is 0 Å². The first kappa shape index (κ1) is 30.2. The van der Waals surface area contributed by atoms with Crippen molar-refractivity contribution in [1.29, 1.82) is 0 Å². The number of nitrogens with one attached hydrogen (secondary N) is 2. The van der Waals surface area contributed by atoms with Crippen molar-refractivity contribution >= 4 is 0 Å². The molecule has 0 aliphatic heterocycles. The number of aromatic hydroxyl groups is 4. The first-order chi connectivity index (χ1) is 19.3. The number of aliphatic hydroxyl groups is 2. The fourth-order valence-corrected chi connectivity index (χ4v) is 3.81. The summed E-state index contributed by atoms with van der Waals surface area (Å²) >= 11 is 0. The van der Waals surface area contributed by atoms with Gasteiger partial charge >= 0.3 is 0 Å². The summed E-state index contributed by atoms with van der Waals surface area (Å²) in [6, 6.07) is 3.49. The van der Waals surface area contributed by atoms with E-state index in [2.05, 4.69) is 30.6 Å². The number of pyridine rings is 4. The van der Waals surface area contributed by atoms with Crippen LogP contribution in [0.15, 0.2) is 49.3 Å². The van der Waals surface area contributed by atoms with Gasteiger partial charge in [-0.05, 0) is 26.0 Å². The van der Waals surface area contributed by atoms with Gasteiger partial charge in [0.05, 0.1) is 37.0 Å². The molecule has 0 saturated heterocycles. The minimum absolute atomic E-state index is 0.0431. The van der Waals surface area contributed by atoms with Gasteiger partial charge in [-0.1, -0.05) is 0 Å². The molecule has 12 nitrogen and oxygen atoms in total. The maximum absolute atomic E-state index is 10.1. The fourth-order valence-electron chi connectivity index (χ4n) is 3.81. The normalized spacial score (nSPS) is 10.7. The van der Waals surface area contributed by atoms with E-state index in [1.165, 1.54) is 24.8 Å². The van der Waals surface area contributed by atoms with Gasteiger partial charge in [0, 0.05) is 84.3 Å². The summed E-state index contributed by atoms with van der Waals surface area (Å²) in [7, 11) is 0. The van der Waals surface area contributed by atoms with Crippen LogP contribution in [0.25, 0.3) is 0 Å². The van der Waals surface area contributed by atoms with Gasteiger partial charge in [0.2, 0.25) is 0 Å². The van der Waals surface area contributed by atoms with Gasteiger partial charge < -0.3 is 41.3 Å². The molecule has 4 aromatic heterocycles. The summed E-state index contributed by atoms with van der Waals surface area (Å²) in [5.74, 6) is 0.418. The topological polar surface area (TPSA) is 197 Å². The SMILES string of the molecule is Cc1ncc(CO)c(CNCc2c(CO)cnc(C)c2O)c1O.Oc1cnccc1CNCc1ccncc1O. The monoisotopic (exact) mass is 550 g/mol. The van der Waals surface area contributed by atoms with Crippen molar-refractivity contribution in [1.82, 2.24) is 30.6 Å². The molecule has 0 amide bonds. The van der Waals surface area contributed by atoms with E-state index in [0.29, 0.717) is 46.7 Å². The Balaban J connectivity index is 0.000000230. The third-order valence-corrected chi connectivity index (χ3v) is 6.21. The molecular formula is C28H34N6O6. The van der Waals surface area contributed by atoms with E-state index in [1.54, 1.807) is 38.4 Å². The zero-order chi connectivity index (χ0) is 29.1. The molecule has 212 valence electrons. The van der Waals surface area contributed by atoms with Crippen molar-refractivity contribution in [3.05, 3.63) is 94.1 Å². The van der Waals surface area contributed by atoms with Gasteiger partial charge in [0.25, 0.3) is 0 Å². The third-order valence-electron chi connectivity index (χ3n) is 6.21. The Bertz CT molecular complexity index is 1310. The standard InChI is InChI=1S/C16H21N3O4.C12H13N3O2/c1-9-15(22)13(11(7-20)3-18-9)5-17-6-14-12(8-21)4-19-10(2)16(14)23;16-11-7-13-3-1-9(11)5-15-6-10-2-4-14-8-12(10)17/h3-4,17,20-23H,5-8H2,1-2H3;1-4,7-8,15-17H,5-6H2. The minimum Gasteiger partial charge on any atom is -0.506 e. The largest absolute Gasteiger partial charge is 0.506 e. The van der Waals surface area contributed by atoms with Crippen LogP contribution in [0.3, 0.4) is 0 Å². The van der Waals surface area contributed by atoms with Gasteiger partial charge in [-0.25, -0.2) is 0 Å². The average Bonchev–Trinajstić information content (AvgIpc) is 2.96. The number of hydrogen-bond donors (Lipinski definition) is 8. The van der Waals surface area contributed by atoms with E-state index < -0.39 is 0 Å². The Kier molecular flexibility index (Phi) is 11.1. The van der Waals surface area contributed by atoms with E-state index in [9.17, 15) is 30.6 Å². The lowest BCUT2D eigenvalue weighted by molar-refractivity contribution is 0.277. The number of aryl methyl sites for hydroxylation is 2. The molecule has 4 heterocycles. The lowest BCUT2D eigenvalue weighted by Crippen LogP contribution is -2.16. The van der Waals surface area contributed by atoms with E-state index in [-0.39, 0.29) is 49.3 Å². The minimum atomic E-state index is -0.223. The number of hydrogen-bond acceptors (Lipinski definition) is 12. The predicted molar refractivity (Wildman–Crippen MR) is 146 cm³/mol. The quantitative estimate of drug-likeness (QED) is 0.143. The summed E-state index contributed by atoms with van der Waals surface area (Å²) in [5.41, 5.74) is 4.72. The second-order valence-corrected chi connectivity index (χ2v) is 8.92. The van der Waals surface area contributed by atoms with Crippen molar-refractivity contribution < 1.29 is 30.6 Å². The number of aromatic nitrogens is 4. The smallest absolute Gasteiger partial charge is 0.141 e. The molecule has 0 aliphatic rings. The van der Waals surface area contributed by atoms with Crippen molar-refractivity contribution in [2.45, 2.75) is 53.2 Å². The van der Waals surface area contributed by atoms with E-state index in [0.717, 1.165) is 11.1 Å². The van der Waals surface area contributed by atoms with E-state index >= 15 is 0 Å². The van der Waals surface area contributed by atoms with Crippen LogP contribution in [0.5, 0.6) is 23.0 Å². The van der Waals surface area contributed by atoms with Crippen molar-refractivity contribution in [3.8, 4) is 23.0 Å². The summed E-state index contributed by atoms with van der Waals surface area (Å²) < 4.78 is 0. The zero-order valence-corrected chi connectivity index (χ0v) is 22.3. The van der Waals surface area contributed by atoms with Gasteiger partial charge in [-0.15, -0.1) is 0 Å². The predicted octanol–water partition coefficient (Wildman–Crippen LogP) is 1.96. The van der Waals surface area contributed by atoms with Crippen LogP contribution in [-0.2, 0) is 39.4 Å². The van der Waals surface area contributed by atoms with E-state index in [1.807, 2.05) is 0 Å². The molecule has 0 atom stereocenters. The highest BCUT2D eigenvalue weighted by Gasteiger charge is 2.14. The average molecular weight is 551 g/mol. The molecule has 0 unspecified atom stereocenters. The van der Waals surface area contributed by atoms with Crippen LogP contribution in [0.1, 0.15) is 44.8 Å². The zero-order valence-electron chi connectivity index (χ0n) is 22.3. The van der Waals surface area contributed by atoms with E-state index in [4.69, 9.17) is 0 Å². The second-order valence-electron chi connectivity index (χ2n) is 8.92. The lowest BCUT2D eigenvalue weighted by Gasteiger charge is -2.15. The van der Waals surface area contributed by atoms with Crippen LogP contribution in [-0.4, -0.2) is 50.6 Å². The van der Waals surface area contributed by atoms with Gasteiger partial charge in [-0.3, -0.25) is 19.9 Å². The van der Waals surface area contributed by atoms with Gasteiger partial charge in [-0.2, -0.15) is 0 Å². The first-order valence-corrected chi connectivity index (χ1v) is 12.5. The Morgan fingerprint density at radius 2 is 0.975 bits per heavy atom. The lowest BCUT2D eigenvalue weighted by atomic mass is 10.1. The van der Waals surface area contributed by atoms with Gasteiger partial charge in [0.1, 0.15) is 23.0 Å². The molecule has 0 spiro atoms. The highest BCUT2D eigenvalue weighted by atomic mass is 16.3. The Hall–Kier alpha value is -4.36. The number of nitrogens with zero attached hydrogens (tertiary/aromatic N) is 4. The second kappa shape index (κ2) is 14.7. The Morgan fingerprint density at radius 3 is 1.35 bits per heavy atom. The van der Waals surface area contributed by atoms with Crippen LogP contribution < -0.4 is 10.6 Å². The summed E-state index contributed by atoms with van der Waals surface area (Å²) in [4.78, 5) is 15.6. The maximum Gasteiger partial charge on any atom is 0.141 e. The molecule has 8 N–H and O–H groups in total. The Morgan fingerprint density at radius 1 is 0.575 bits per heavy atom. The highest BCUT2D eigenvalue weighted by Crippen LogP contribution is 2.26. The van der Waals surface area contributed by atoms with Crippen molar-refractivity contribution in [3.63, 3.8) is 0 Å². The third kappa shape index (κ3) is 7.83. The molecular weight excluding hydrogens is 516 g/mol. The highest BCUT2D eigenvalue weighted by molar-refractivity contribution is 5.42. The fraction of sp³-hybridized carbons (Fsp3) is 0.286. The molecule has 40 heavy (non-hydrogen) atoms. The van der Waals surface area contributed by atoms with Crippen LogP contribution >= 0.6 is 0 Å². The summed E-state index contributed by atoms with van der Waals surface area (Å²) in [5, 5.41) is 64.1. The molecule has 12 heteroatoms. The molecule has 0 aliphatic carbocycles. The van der Waals surface area contributed by atoms with Gasteiger partial charge in [0.15, 0.2) is 0 Å². The molecule has 0 radical (unpaired) electrons. The first-order valence-electron chi connectivity index (χ1n) is 12.5. The molecule has 0 saturated carbocycles. The summed E-state index contributed by atoms with van der Waals surface area (Å²) in [6.45, 7) is 4.52. The maximum atomic E-state index is 10.1. The molecule has 0 aromatic carbocycles. The van der Waals surface area contributed by atoms with Crippen LogP contribution in [0.4, 0.5) is 0 Å². The summed E-state index contributed by atoms with van der Waals surface area (Å²) in [6.07, 6.45) is 9.11. The number of rotatable bonds is 10.